The molecule has 0 radical (unpaired) electrons. The summed E-state index contributed by atoms with van der Waals surface area (Å²) in [6.45, 7) is 6.88. The summed E-state index contributed by atoms with van der Waals surface area (Å²) in [5.74, 6) is 0. The molecule has 0 N–H and O–H groups in total. The first kappa shape index (κ1) is 7.88. The summed E-state index contributed by atoms with van der Waals surface area (Å²) in [5, 5.41) is 0.454. The molecule has 1 unspecified atom stereocenters. The maximum atomic E-state index is 5.51. The summed E-state index contributed by atoms with van der Waals surface area (Å²) < 4.78 is 0. The van der Waals surface area contributed by atoms with Gasteiger partial charge in [0.15, 0.2) is 0 Å². The van der Waals surface area contributed by atoms with Gasteiger partial charge in [0, 0.05) is 0 Å². The molecule has 0 spiro atoms. The third kappa shape index (κ3) is 1.64. The largest absolute Gasteiger partial charge is 0.138 e. The number of rotatable bonds is 1. The van der Waals surface area contributed by atoms with Gasteiger partial charge in [0.25, 0.3) is 0 Å². The van der Waals surface area contributed by atoms with Crippen LogP contribution in [0.4, 0.5) is 0 Å². The molecule has 10 heavy (non-hydrogen) atoms. The van der Waals surface area contributed by atoms with Crippen molar-refractivity contribution in [1.29, 1.82) is 0 Å². The summed E-state index contributed by atoms with van der Waals surface area (Å²) in [6.07, 6.45) is 8.34. The van der Waals surface area contributed by atoms with E-state index in [-0.39, 0.29) is 0 Å². The SMILES string of the molecule is C#C[SiH](C1CC1)C(C)(C)C. The fourth-order valence-electron chi connectivity index (χ4n) is 1.52. The topological polar surface area (TPSA) is 0 Å². The Morgan fingerprint density at radius 3 is 2.00 bits per heavy atom. The van der Waals surface area contributed by atoms with E-state index >= 15 is 0 Å². The smallest absolute Gasteiger partial charge is 0.130 e. The molecule has 1 heteroatoms. The van der Waals surface area contributed by atoms with E-state index in [4.69, 9.17) is 6.42 Å². The van der Waals surface area contributed by atoms with Crippen LogP contribution in [-0.2, 0) is 0 Å². The Morgan fingerprint density at radius 2 is 1.90 bits per heavy atom. The second kappa shape index (κ2) is 2.43. The van der Waals surface area contributed by atoms with Crippen LogP contribution < -0.4 is 0 Å². The van der Waals surface area contributed by atoms with Crippen molar-refractivity contribution in [2.24, 2.45) is 0 Å². The van der Waals surface area contributed by atoms with Gasteiger partial charge in [-0.1, -0.05) is 33.6 Å². The average Bonchev–Trinajstić information content (AvgIpc) is 2.46. The lowest BCUT2D eigenvalue weighted by molar-refractivity contribution is 0.738. The predicted octanol–water partition coefficient (Wildman–Crippen LogP) is 2.35. The molecule has 0 aromatic carbocycles. The van der Waals surface area contributed by atoms with Crippen molar-refractivity contribution in [3.8, 4) is 12.0 Å². The molecule has 1 aliphatic rings. The van der Waals surface area contributed by atoms with Crippen molar-refractivity contribution >= 4 is 8.80 Å². The van der Waals surface area contributed by atoms with Crippen LogP contribution in [0, 0.1) is 12.0 Å². The van der Waals surface area contributed by atoms with Crippen LogP contribution in [-0.4, -0.2) is 8.80 Å². The van der Waals surface area contributed by atoms with E-state index in [1.165, 1.54) is 12.8 Å². The molecule has 0 heterocycles. The summed E-state index contributed by atoms with van der Waals surface area (Å²) in [4.78, 5) is 0. The molecule has 56 valence electrons. The Bertz CT molecular complexity index is 155. The third-order valence-electron chi connectivity index (χ3n) is 2.21. The maximum absolute atomic E-state index is 5.51. The Labute approximate surface area is 65.6 Å². The normalized spacial score (nSPS) is 21.8. The lowest BCUT2D eigenvalue weighted by Gasteiger charge is -2.23. The van der Waals surface area contributed by atoms with E-state index in [0.717, 1.165) is 5.54 Å². The van der Waals surface area contributed by atoms with E-state index < -0.39 is 8.80 Å². The van der Waals surface area contributed by atoms with E-state index in [9.17, 15) is 0 Å². The van der Waals surface area contributed by atoms with Gasteiger partial charge in [0.05, 0.1) is 0 Å². The van der Waals surface area contributed by atoms with Crippen LogP contribution >= 0.6 is 0 Å². The van der Waals surface area contributed by atoms with Crippen molar-refractivity contribution < 1.29 is 0 Å². The average molecular weight is 152 g/mol. The molecule has 1 fully saturated rings. The monoisotopic (exact) mass is 152 g/mol. The van der Waals surface area contributed by atoms with Crippen LogP contribution in [0.15, 0.2) is 0 Å². The van der Waals surface area contributed by atoms with Crippen LogP contribution in [0.1, 0.15) is 33.6 Å². The van der Waals surface area contributed by atoms with Gasteiger partial charge in [-0.15, -0.1) is 12.0 Å². The molecule has 0 saturated heterocycles. The molecule has 0 nitrogen and oxygen atoms in total. The first-order valence-corrected chi connectivity index (χ1v) is 5.84. The van der Waals surface area contributed by atoms with Gasteiger partial charge in [0.1, 0.15) is 8.80 Å². The van der Waals surface area contributed by atoms with E-state index in [2.05, 4.69) is 26.3 Å². The minimum atomic E-state index is -0.836. The fraction of sp³-hybridized carbons (Fsp3) is 0.778. The zero-order valence-electron chi connectivity index (χ0n) is 7.15. The zero-order chi connectivity index (χ0) is 7.78. The lowest BCUT2D eigenvalue weighted by atomic mass is 10.2. The van der Waals surface area contributed by atoms with E-state index in [0.29, 0.717) is 5.04 Å². The Kier molecular flexibility index (Phi) is 1.92. The van der Waals surface area contributed by atoms with Crippen molar-refractivity contribution in [2.75, 3.05) is 0 Å². The van der Waals surface area contributed by atoms with Crippen molar-refractivity contribution in [1.82, 2.24) is 0 Å². The molecule has 0 amide bonds. The third-order valence-corrected chi connectivity index (χ3v) is 6.04. The molecule has 0 aliphatic heterocycles. The highest BCUT2D eigenvalue weighted by atomic mass is 28.3. The highest BCUT2D eigenvalue weighted by molar-refractivity contribution is 6.72. The van der Waals surface area contributed by atoms with Gasteiger partial charge in [-0.2, -0.15) is 0 Å². The summed E-state index contributed by atoms with van der Waals surface area (Å²) in [5.41, 5.74) is 4.02. The zero-order valence-corrected chi connectivity index (χ0v) is 8.30. The predicted molar refractivity (Wildman–Crippen MR) is 48.7 cm³/mol. The van der Waals surface area contributed by atoms with Crippen LogP contribution in [0.3, 0.4) is 0 Å². The Morgan fingerprint density at radius 1 is 1.40 bits per heavy atom. The number of terminal acetylenes is 1. The van der Waals surface area contributed by atoms with Gasteiger partial charge < -0.3 is 0 Å². The summed E-state index contributed by atoms with van der Waals surface area (Å²) >= 11 is 0. The molecule has 0 bridgehead atoms. The minimum Gasteiger partial charge on any atom is -0.138 e. The molecule has 1 aliphatic carbocycles. The van der Waals surface area contributed by atoms with E-state index in [1.54, 1.807) is 0 Å². The van der Waals surface area contributed by atoms with Crippen molar-refractivity contribution in [2.45, 2.75) is 44.2 Å². The molecular weight excluding hydrogens is 136 g/mol. The molecule has 0 aromatic rings. The standard InChI is InChI=1S/C9H16Si/c1-5-10(8-6-7-8)9(2,3)4/h1,8,10H,6-7H2,2-4H3. The van der Waals surface area contributed by atoms with Crippen molar-refractivity contribution in [3.63, 3.8) is 0 Å². The first-order valence-electron chi connectivity index (χ1n) is 4.02. The second-order valence-electron chi connectivity index (χ2n) is 4.35. The second-order valence-corrected chi connectivity index (χ2v) is 8.31. The Balaban J connectivity index is 2.57. The molecular formula is C9H16Si. The van der Waals surface area contributed by atoms with Crippen molar-refractivity contribution in [3.05, 3.63) is 0 Å². The molecule has 1 atom stereocenters. The fourth-order valence-corrected chi connectivity index (χ4v) is 4.57. The van der Waals surface area contributed by atoms with Crippen LogP contribution in [0.5, 0.6) is 0 Å². The number of hydrogen-bond donors (Lipinski definition) is 0. The van der Waals surface area contributed by atoms with Gasteiger partial charge >= 0.3 is 0 Å². The lowest BCUT2D eigenvalue weighted by Crippen LogP contribution is -2.24. The quantitative estimate of drug-likeness (QED) is 0.400. The van der Waals surface area contributed by atoms with Gasteiger partial charge in [0.2, 0.25) is 0 Å². The van der Waals surface area contributed by atoms with Crippen LogP contribution in [0.25, 0.3) is 0 Å². The highest BCUT2D eigenvalue weighted by Crippen LogP contribution is 2.47. The Hall–Kier alpha value is -0.223. The van der Waals surface area contributed by atoms with E-state index in [1.807, 2.05) is 0 Å². The van der Waals surface area contributed by atoms with Gasteiger partial charge in [-0.25, -0.2) is 0 Å². The summed E-state index contributed by atoms with van der Waals surface area (Å²) in [7, 11) is -0.836. The highest BCUT2D eigenvalue weighted by Gasteiger charge is 2.38. The minimum absolute atomic E-state index is 0.454. The molecule has 1 saturated carbocycles. The first-order chi connectivity index (χ1) is 4.55. The molecule has 0 aromatic heterocycles. The molecule has 1 rings (SSSR count). The maximum Gasteiger partial charge on any atom is 0.130 e. The summed E-state index contributed by atoms with van der Waals surface area (Å²) in [6, 6.07) is 0. The van der Waals surface area contributed by atoms with Gasteiger partial charge in [-0.3, -0.25) is 0 Å². The van der Waals surface area contributed by atoms with Crippen LogP contribution in [0.2, 0.25) is 10.6 Å². The van der Waals surface area contributed by atoms with Gasteiger partial charge in [-0.05, 0) is 10.6 Å². The number of hydrogen-bond acceptors (Lipinski definition) is 0.